The molecule has 2 unspecified atom stereocenters. The summed E-state index contributed by atoms with van der Waals surface area (Å²) >= 11 is 0. The molecule has 0 bridgehead atoms. The number of carboxylic acid groups (broad SMARTS) is 1. The van der Waals surface area contributed by atoms with Gasteiger partial charge in [-0.2, -0.15) is 0 Å². The Bertz CT molecular complexity index is 2160. The van der Waals surface area contributed by atoms with Crippen LogP contribution in [0.1, 0.15) is 322 Å². The molecular formula is C88H148NO8+. The van der Waals surface area contributed by atoms with E-state index in [0.29, 0.717) is 23.9 Å². The molecule has 0 rings (SSSR count). The van der Waals surface area contributed by atoms with Crippen molar-refractivity contribution in [3.63, 3.8) is 0 Å². The van der Waals surface area contributed by atoms with Gasteiger partial charge in [-0.25, -0.2) is 4.79 Å². The highest BCUT2D eigenvalue weighted by atomic mass is 16.7. The summed E-state index contributed by atoms with van der Waals surface area (Å²) in [4.78, 5) is 37.7. The van der Waals surface area contributed by atoms with Gasteiger partial charge in [0.05, 0.1) is 34.4 Å². The Hall–Kier alpha value is -5.09. The molecule has 0 saturated carbocycles. The van der Waals surface area contributed by atoms with Gasteiger partial charge in [0.1, 0.15) is 13.2 Å². The van der Waals surface area contributed by atoms with Crippen LogP contribution < -0.4 is 0 Å². The lowest BCUT2D eigenvalue weighted by Gasteiger charge is -2.25. The normalized spacial score (nSPS) is 13.5. The van der Waals surface area contributed by atoms with Crippen LogP contribution in [0.3, 0.4) is 0 Å². The lowest BCUT2D eigenvalue weighted by atomic mass is 10.0. The number of carboxylic acids is 1. The molecule has 2 atom stereocenters. The van der Waals surface area contributed by atoms with Crippen LogP contribution in [0.5, 0.6) is 0 Å². The number of nitrogens with zero attached hydrogens (tertiary/aromatic N) is 1. The van der Waals surface area contributed by atoms with Gasteiger partial charge < -0.3 is 28.5 Å². The maximum atomic E-state index is 13.0. The lowest BCUT2D eigenvalue weighted by Crippen LogP contribution is -2.40. The molecule has 0 fully saturated rings. The minimum absolute atomic E-state index is 0.181. The van der Waals surface area contributed by atoms with E-state index < -0.39 is 24.3 Å². The summed E-state index contributed by atoms with van der Waals surface area (Å²) in [6.45, 7) is 4.66. The number of aliphatic carboxylic acids is 1. The molecule has 0 spiro atoms. The molecule has 0 heterocycles. The van der Waals surface area contributed by atoms with Gasteiger partial charge in [0.25, 0.3) is 6.29 Å². The van der Waals surface area contributed by atoms with E-state index in [1.54, 1.807) is 0 Å². The largest absolute Gasteiger partial charge is 0.477 e. The average Bonchev–Trinajstić information content (AvgIpc) is 2.39. The first kappa shape index (κ1) is 91.9. The summed E-state index contributed by atoms with van der Waals surface area (Å²) in [7, 11) is 5.98. The van der Waals surface area contributed by atoms with Crippen molar-refractivity contribution >= 4 is 17.9 Å². The zero-order valence-corrected chi connectivity index (χ0v) is 63.2. The molecule has 9 nitrogen and oxygen atoms in total. The second-order valence-electron chi connectivity index (χ2n) is 27.3. The molecule has 9 heteroatoms. The Morgan fingerprint density at radius 2 is 0.557 bits per heavy atom. The van der Waals surface area contributed by atoms with E-state index in [4.69, 9.17) is 18.9 Å². The fourth-order valence-electron chi connectivity index (χ4n) is 10.8. The number of ether oxygens (including phenoxy) is 4. The van der Waals surface area contributed by atoms with Crippen molar-refractivity contribution in [3.8, 4) is 0 Å². The van der Waals surface area contributed by atoms with Crippen molar-refractivity contribution in [2.45, 2.75) is 334 Å². The molecule has 0 aliphatic carbocycles. The van der Waals surface area contributed by atoms with E-state index >= 15 is 0 Å². The minimum atomic E-state index is -1.52. The highest BCUT2D eigenvalue weighted by Crippen LogP contribution is 2.18. The van der Waals surface area contributed by atoms with Crippen LogP contribution in [0.2, 0.25) is 0 Å². The van der Waals surface area contributed by atoms with E-state index in [9.17, 15) is 19.5 Å². The summed E-state index contributed by atoms with van der Waals surface area (Å²) in [6.07, 6.45) is 111. The van der Waals surface area contributed by atoms with Gasteiger partial charge in [-0.1, -0.05) is 345 Å². The lowest BCUT2D eigenvalue weighted by molar-refractivity contribution is -0.870. The first-order valence-electron chi connectivity index (χ1n) is 39.6. The third kappa shape index (κ3) is 78.1. The molecule has 0 aromatic rings. The number of unbranched alkanes of at least 4 members (excludes halogenated alkanes) is 31. The molecular weight excluding hydrogens is 1200 g/mol. The van der Waals surface area contributed by atoms with Crippen LogP contribution in [0.25, 0.3) is 0 Å². The molecule has 0 aromatic heterocycles. The van der Waals surface area contributed by atoms with E-state index in [-0.39, 0.29) is 32.2 Å². The number of allylic oxidation sites excluding steroid dienone is 26. The number of hydrogen-bond donors (Lipinski definition) is 1. The number of esters is 2. The molecule has 0 aliphatic heterocycles. The van der Waals surface area contributed by atoms with Crippen LogP contribution in [0, 0.1) is 0 Å². The molecule has 0 saturated heterocycles. The van der Waals surface area contributed by atoms with Crippen molar-refractivity contribution in [1.82, 2.24) is 0 Å². The predicted octanol–water partition coefficient (Wildman–Crippen LogP) is 25.6. The number of likely N-dealkylation sites (N-methyl/N-ethyl adjacent to an activating group) is 1. The summed E-state index contributed by atoms with van der Waals surface area (Å²) in [5.74, 6) is -2.01. The van der Waals surface area contributed by atoms with Crippen LogP contribution >= 0.6 is 0 Å². The van der Waals surface area contributed by atoms with Crippen molar-refractivity contribution in [3.05, 3.63) is 158 Å². The van der Waals surface area contributed by atoms with E-state index in [1.165, 1.54) is 161 Å². The fourth-order valence-corrected chi connectivity index (χ4v) is 10.8. The second-order valence-corrected chi connectivity index (χ2v) is 27.3. The van der Waals surface area contributed by atoms with Crippen molar-refractivity contribution in [2.75, 3.05) is 47.5 Å². The Morgan fingerprint density at radius 3 is 0.825 bits per heavy atom. The number of carbonyl (C=O) groups excluding carboxylic acids is 2. The van der Waals surface area contributed by atoms with Gasteiger partial charge >= 0.3 is 17.9 Å². The van der Waals surface area contributed by atoms with Gasteiger partial charge in [-0.15, -0.1) is 0 Å². The molecule has 97 heavy (non-hydrogen) atoms. The monoisotopic (exact) mass is 1350 g/mol. The molecule has 0 aliphatic rings. The van der Waals surface area contributed by atoms with Gasteiger partial charge in [0, 0.05) is 12.8 Å². The van der Waals surface area contributed by atoms with Crippen molar-refractivity contribution in [2.24, 2.45) is 0 Å². The number of hydrogen-bond acceptors (Lipinski definition) is 7. The van der Waals surface area contributed by atoms with Gasteiger partial charge in [-0.05, 0) is 122 Å². The van der Waals surface area contributed by atoms with E-state index in [1.807, 2.05) is 21.1 Å². The first-order valence-corrected chi connectivity index (χ1v) is 39.6. The average molecular weight is 1350 g/mol. The van der Waals surface area contributed by atoms with Crippen LogP contribution in [0.15, 0.2) is 158 Å². The minimum Gasteiger partial charge on any atom is -0.477 e. The Labute approximate surface area is 597 Å². The zero-order valence-electron chi connectivity index (χ0n) is 63.2. The van der Waals surface area contributed by atoms with Gasteiger partial charge in [0.2, 0.25) is 0 Å². The number of quaternary nitrogens is 1. The summed E-state index contributed by atoms with van der Waals surface area (Å²) < 4.78 is 23.0. The van der Waals surface area contributed by atoms with Crippen LogP contribution in [-0.2, 0) is 33.3 Å². The maximum absolute atomic E-state index is 13.0. The Balaban J connectivity index is 4.04. The second kappa shape index (κ2) is 76.7. The quantitative estimate of drug-likeness (QED) is 0.0211. The molecule has 1 N–H and O–H groups in total. The van der Waals surface area contributed by atoms with Crippen molar-refractivity contribution < 1.29 is 42.9 Å². The smallest absolute Gasteiger partial charge is 0.361 e. The predicted molar refractivity (Wildman–Crippen MR) is 419 cm³/mol. The van der Waals surface area contributed by atoms with Crippen LogP contribution in [0.4, 0.5) is 0 Å². The standard InChI is InChI=1S/C88H147NO8/c1-6-8-10-12-14-16-18-20-22-24-26-28-30-32-34-36-38-39-40-41-42-43-44-45-46-47-49-50-52-54-56-58-60-62-64-66-68-70-72-74-76-78-85(90)95-82-84(83-96-88(87(92)93)94-81-80-89(3,4)5)97-86(91)79-77-75-73-71-69-67-65-63-61-59-57-55-53-51-48-37-35-33-31-29-27-25-23-21-19-17-15-13-11-9-7-2/h8-11,14-17,20-23,26-29,32-35,38-39,48,51,55,57,84,88H,6-7,12-13,18-19,24-25,30-31,36-37,40-47,49-50,52-54,56,58-83H2,1-5H3/p+1/b10-8-,11-9-,16-14-,17-15-,22-20-,23-21-,28-26-,29-27-,34-32-,35-33-,39-38-,51-48-,57-55-. The Morgan fingerprint density at radius 1 is 0.309 bits per heavy atom. The summed E-state index contributed by atoms with van der Waals surface area (Å²) in [6, 6.07) is 0. The third-order valence-electron chi connectivity index (χ3n) is 16.8. The van der Waals surface area contributed by atoms with E-state index in [2.05, 4.69) is 172 Å². The molecule has 552 valence electrons. The fraction of sp³-hybridized carbons (Fsp3) is 0.670. The Kier molecular flexibility index (Phi) is 72.6. The SMILES string of the molecule is CC/C=C\C/C=C\C/C=C\C/C=C\C/C=C\C/C=C\C/C=C\CCCCCCCCCCCC(=O)OC(COC(=O)CCCCCCCCCCCCCCCCCCCCCCCC/C=C\C/C=C\C/C=C\C/C=C\C/C=C\C/C=C\CC)COC(OCC[N+](C)(C)C)C(=O)O. The highest BCUT2D eigenvalue weighted by Gasteiger charge is 2.25. The highest BCUT2D eigenvalue weighted by molar-refractivity contribution is 5.71. The van der Waals surface area contributed by atoms with Crippen molar-refractivity contribution in [1.29, 1.82) is 0 Å². The first-order chi connectivity index (χ1) is 47.6. The summed E-state index contributed by atoms with van der Waals surface area (Å²) in [5, 5.41) is 9.77. The molecule has 0 aromatic carbocycles. The number of rotatable bonds is 72. The van der Waals surface area contributed by atoms with Gasteiger partial charge in [0.15, 0.2) is 6.10 Å². The van der Waals surface area contributed by atoms with E-state index in [0.717, 1.165) is 128 Å². The third-order valence-corrected chi connectivity index (χ3v) is 16.8. The molecule has 0 radical (unpaired) electrons. The van der Waals surface area contributed by atoms with Gasteiger partial charge in [-0.3, -0.25) is 9.59 Å². The van der Waals surface area contributed by atoms with Crippen LogP contribution in [-0.4, -0.2) is 87.4 Å². The molecule has 0 amide bonds. The zero-order chi connectivity index (χ0) is 70.4. The topological polar surface area (TPSA) is 108 Å². The summed E-state index contributed by atoms with van der Waals surface area (Å²) in [5.41, 5.74) is 0. The maximum Gasteiger partial charge on any atom is 0.361 e. The number of carbonyl (C=O) groups is 3.